The number of non-ortho nitro benzene ring substituents is 1. The highest BCUT2D eigenvalue weighted by atomic mass is 35.5. The van der Waals surface area contributed by atoms with Gasteiger partial charge in [0.05, 0.1) is 15.5 Å². The Hall–Kier alpha value is -4.22. The number of nitro benzene ring substituents is 1. The van der Waals surface area contributed by atoms with Crippen LogP contribution >= 0.6 is 11.6 Å². The van der Waals surface area contributed by atoms with Gasteiger partial charge in [-0.3, -0.25) is 14.9 Å². The maximum atomic E-state index is 12.5. The minimum absolute atomic E-state index is 0.000166. The molecule has 9 heteroatoms. The SMILES string of the molecule is N#CC(=Cc1ccc(-c2ccc(C(=O)O)c(Cl)c2)o1)C(=O)c1cccc([N+](=O)[O-])c1. The van der Waals surface area contributed by atoms with E-state index in [-0.39, 0.29) is 33.2 Å². The summed E-state index contributed by atoms with van der Waals surface area (Å²) < 4.78 is 5.61. The number of halogens is 1. The number of Topliss-reactive ketones (excluding diaryl/α,β-unsaturated/α-hetero) is 1. The van der Waals surface area contributed by atoms with Crippen molar-refractivity contribution >= 4 is 35.1 Å². The monoisotopic (exact) mass is 422 g/mol. The third kappa shape index (κ3) is 4.27. The number of furan rings is 1. The van der Waals surface area contributed by atoms with E-state index in [1.807, 2.05) is 0 Å². The van der Waals surface area contributed by atoms with E-state index in [2.05, 4.69) is 0 Å². The van der Waals surface area contributed by atoms with Crippen molar-refractivity contribution in [1.82, 2.24) is 0 Å². The number of nitrogens with zero attached hydrogens (tertiary/aromatic N) is 2. The molecule has 3 aromatic rings. The lowest BCUT2D eigenvalue weighted by Crippen LogP contribution is -2.02. The Balaban J connectivity index is 1.90. The number of allylic oxidation sites excluding steroid dienone is 1. The maximum absolute atomic E-state index is 12.5. The van der Waals surface area contributed by atoms with Crippen LogP contribution in [0.4, 0.5) is 5.69 Å². The highest BCUT2D eigenvalue weighted by molar-refractivity contribution is 6.33. The predicted molar refractivity (Wildman–Crippen MR) is 107 cm³/mol. The molecule has 0 spiro atoms. The van der Waals surface area contributed by atoms with Gasteiger partial charge in [0.25, 0.3) is 5.69 Å². The summed E-state index contributed by atoms with van der Waals surface area (Å²) in [4.78, 5) is 33.9. The summed E-state index contributed by atoms with van der Waals surface area (Å²) >= 11 is 5.96. The summed E-state index contributed by atoms with van der Waals surface area (Å²) in [5, 5.41) is 29.3. The molecule has 8 nitrogen and oxygen atoms in total. The van der Waals surface area contributed by atoms with Gasteiger partial charge >= 0.3 is 5.97 Å². The second kappa shape index (κ2) is 8.43. The van der Waals surface area contributed by atoms with E-state index in [9.17, 15) is 25.0 Å². The summed E-state index contributed by atoms with van der Waals surface area (Å²) in [6.07, 6.45) is 1.22. The number of nitro groups is 1. The summed E-state index contributed by atoms with van der Waals surface area (Å²) in [6, 6.07) is 14.2. The molecule has 0 aliphatic carbocycles. The molecule has 0 aliphatic rings. The third-order valence-electron chi connectivity index (χ3n) is 4.08. The normalized spacial score (nSPS) is 11.0. The molecule has 3 rings (SSSR count). The predicted octanol–water partition coefficient (Wildman–Crippen LogP) is 5.00. The van der Waals surface area contributed by atoms with Gasteiger partial charge in [-0.25, -0.2) is 4.79 Å². The van der Waals surface area contributed by atoms with E-state index < -0.39 is 16.7 Å². The van der Waals surface area contributed by atoms with Crippen LogP contribution in [-0.4, -0.2) is 21.8 Å². The van der Waals surface area contributed by atoms with Crippen LogP contribution in [0.3, 0.4) is 0 Å². The first-order valence-electron chi connectivity index (χ1n) is 8.34. The molecular formula is C21H11ClN2O6. The fourth-order valence-corrected chi connectivity index (χ4v) is 2.90. The van der Waals surface area contributed by atoms with Crippen molar-refractivity contribution in [3.8, 4) is 17.4 Å². The lowest BCUT2D eigenvalue weighted by Gasteiger charge is -2.02. The van der Waals surface area contributed by atoms with E-state index in [1.54, 1.807) is 12.1 Å². The number of aromatic carboxylic acids is 1. The Bertz CT molecular complexity index is 1250. The Morgan fingerprint density at radius 1 is 1.17 bits per heavy atom. The number of carbonyl (C=O) groups is 2. The zero-order chi connectivity index (χ0) is 21.8. The van der Waals surface area contributed by atoms with Crippen LogP contribution in [0.2, 0.25) is 5.02 Å². The van der Waals surface area contributed by atoms with Crippen LogP contribution in [0.1, 0.15) is 26.5 Å². The van der Waals surface area contributed by atoms with Gasteiger partial charge in [-0.15, -0.1) is 0 Å². The lowest BCUT2D eigenvalue weighted by atomic mass is 10.0. The summed E-state index contributed by atoms with van der Waals surface area (Å²) in [5.74, 6) is -1.31. The van der Waals surface area contributed by atoms with Gasteiger partial charge in [-0.1, -0.05) is 29.8 Å². The Kier molecular flexibility index (Phi) is 5.76. The number of carboxylic acids is 1. The first-order valence-corrected chi connectivity index (χ1v) is 8.72. The van der Waals surface area contributed by atoms with Crippen LogP contribution in [0.15, 0.2) is 64.6 Å². The molecule has 1 heterocycles. The van der Waals surface area contributed by atoms with Crippen molar-refractivity contribution in [3.05, 3.63) is 92.2 Å². The van der Waals surface area contributed by atoms with E-state index >= 15 is 0 Å². The zero-order valence-electron chi connectivity index (χ0n) is 15.0. The number of hydrogen-bond donors (Lipinski definition) is 1. The summed E-state index contributed by atoms with van der Waals surface area (Å²) in [6.45, 7) is 0. The number of carboxylic acid groups (broad SMARTS) is 1. The van der Waals surface area contributed by atoms with E-state index in [4.69, 9.17) is 21.1 Å². The number of hydrogen-bond acceptors (Lipinski definition) is 6. The molecule has 0 fully saturated rings. The Labute approximate surface area is 174 Å². The molecular weight excluding hydrogens is 412 g/mol. The molecule has 1 aromatic heterocycles. The fourth-order valence-electron chi connectivity index (χ4n) is 2.63. The number of nitriles is 1. The maximum Gasteiger partial charge on any atom is 0.337 e. The lowest BCUT2D eigenvalue weighted by molar-refractivity contribution is -0.384. The zero-order valence-corrected chi connectivity index (χ0v) is 15.8. The number of benzene rings is 2. The fraction of sp³-hybridized carbons (Fsp3) is 0. The molecule has 0 atom stereocenters. The molecule has 2 aromatic carbocycles. The van der Waals surface area contributed by atoms with Crippen LogP contribution in [0.5, 0.6) is 0 Å². The van der Waals surface area contributed by atoms with Crippen molar-refractivity contribution in [2.24, 2.45) is 0 Å². The first kappa shape index (κ1) is 20.5. The second-order valence-electron chi connectivity index (χ2n) is 6.01. The van der Waals surface area contributed by atoms with E-state index in [1.165, 1.54) is 48.5 Å². The molecule has 30 heavy (non-hydrogen) atoms. The molecule has 1 N–H and O–H groups in total. The number of carbonyl (C=O) groups excluding carboxylic acids is 1. The Morgan fingerprint density at radius 2 is 1.93 bits per heavy atom. The minimum atomic E-state index is -1.16. The number of ketones is 1. The first-order chi connectivity index (χ1) is 14.3. The van der Waals surface area contributed by atoms with Crippen molar-refractivity contribution in [3.63, 3.8) is 0 Å². The third-order valence-corrected chi connectivity index (χ3v) is 4.39. The van der Waals surface area contributed by atoms with E-state index in [0.717, 1.165) is 6.07 Å². The van der Waals surface area contributed by atoms with Crippen molar-refractivity contribution < 1.29 is 24.0 Å². The smallest absolute Gasteiger partial charge is 0.337 e. The standard InChI is InChI=1S/C21H11ClN2O6/c22-18-10-12(4-6-17(18)21(26)27)19-7-5-16(30-19)9-14(11-23)20(25)13-2-1-3-15(8-13)24(28)29/h1-10H,(H,26,27). The highest BCUT2D eigenvalue weighted by Crippen LogP contribution is 2.28. The molecule has 0 bridgehead atoms. The van der Waals surface area contributed by atoms with Crippen LogP contribution in [0.25, 0.3) is 17.4 Å². The largest absolute Gasteiger partial charge is 0.478 e. The quantitative estimate of drug-likeness (QED) is 0.194. The number of rotatable bonds is 6. The molecule has 0 aliphatic heterocycles. The molecule has 0 unspecified atom stereocenters. The minimum Gasteiger partial charge on any atom is -0.478 e. The van der Waals surface area contributed by atoms with Crippen LogP contribution in [-0.2, 0) is 0 Å². The van der Waals surface area contributed by atoms with Gasteiger partial charge in [-0.05, 0) is 24.3 Å². The second-order valence-corrected chi connectivity index (χ2v) is 6.42. The van der Waals surface area contributed by atoms with Gasteiger partial charge in [-0.2, -0.15) is 5.26 Å². The van der Waals surface area contributed by atoms with Gasteiger partial charge in [0.1, 0.15) is 23.2 Å². The van der Waals surface area contributed by atoms with Gasteiger partial charge in [0.15, 0.2) is 0 Å². The highest BCUT2D eigenvalue weighted by Gasteiger charge is 2.17. The average Bonchev–Trinajstić information content (AvgIpc) is 3.20. The molecule has 0 saturated carbocycles. The van der Waals surface area contributed by atoms with Gasteiger partial charge < -0.3 is 9.52 Å². The summed E-state index contributed by atoms with van der Waals surface area (Å²) in [7, 11) is 0. The van der Waals surface area contributed by atoms with Gasteiger partial charge in [0.2, 0.25) is 5.78 Å². The van der Waals surface area contributed by atoms with E-state index in [0.29, 0.717) is 11.3 Å². The molecule has 148 valence electrons. The molecule has 0 radical (unpaired) electrons. The van der Waals surface area contributed by atoms with Crippen LogP contribution in [0, 0.1) is 21.4 Å². The van der Waals surface area contributed by atoms with Gasteiger partial charge in [0, 0.05) is 29.3 Å². The molecule has 0 amide bonds. The van der Waals surface area contributed by atoms with Crippen molar-refractivity contribution in [2.45, 2.75) is 0 Å². The van der Waals surface area contributed by atoms with Crippen molar-refractivity contribution in [1.29, 1.82) is 5.26 Å². The van der Waals surface area contributed by atoms with Crippen molar-refractivity contribution in [2.75, 3.05) is 0 Å². The van der Waals surface area contributed by atoms with Crippen LogP contribution < -0.4 is 0 Å². The topological polar surface area (TPSA) is 134 Å². The molecule has 0 saturated heterocycles. The Morgan fingerprint density at radius 3 is 2.57 bits per heavy atom. The summed E-state index contributed by atoms with van der Waals surface area (Å²) in [5.41, 5.74) is -0.0786. The average molecular weight is 423 g/mol.